The Kier molecular flexibility index (Phi) is 1.85. The molecule has 2 rings (SSSR count). The first-order valence-electron chi connectivity index (χ1n) is 4.17. The van der Waals surface area contributed by atoms with E-state index in [9.17, 15) is 4.79 Å². The van der Waals surface area contributed by atoms with Gasteiger partial charge in [-0.25, -0.2) is 9.78 Å². The van der Waals surface area contributed by atoms with Gasteiger partial charge in [0.2, 0.25) is 0 Å². The van der Waals surface area contributed by atoms with Crippen LogP contribution < -0.4 is 0 Å². The molecule has 3 heteroatoms. The normalized spacial score (nSPS) is 13.8. The average molecular weight is 175 g/mol. The summed E-state index contributed by atoms with van der Waals surface area (Å²) in [4.78, 5) is 14.6. The minimum absolute atomic E-state index is 0.116. The summed E-state index contributed by atoms with van der Waals surface area (Å²) in [5, 5.41) is 8.70. The summed E-state index contributed by atoms with van der Waals surface area (Å²) >= 11 is 0. The van der Waals surface area contributed by atoms with E-state index in [-0.39, 0.29) is 5.69 Å². The molecule has 1 aliphatic rings. The number of aromatic nitrogens is 1. The van der Waals surface area contributed by atoms with Gasteiger partial charge >= 0.3 is 5.97 Å². The van der Waals surface area contributed by atoms with Gasteiger partial charge in [-0.05, 0) is 30.5 Å². The van der Waals surface area contributed by atoms with Crippen molar-refractivity contribution in [3.63, 3.8) is 0 Å². The highest BCUT2D eigenvalue weighted by Gasteiger charge is 2.09. The number of aryl methyl sites for hydroxylation is 1. The van der Waals surface area contributed by atoms with E-state index in [1.807, 2.05) is 18.2 Å². The van der Waals surface area contributed by atoms with Crippen molar-refractivity contribution in [3.05, 3.63) is 35.2 Å². The summed E-state index contributed by atoms with van der Waals surface area (Å²) in [7, 11) is 0. The third-order valence-electron chi connectivity index (χ3n) is 2.09. The van der Waals surface area contributed by atoms with Gasteiger partial charge in [-0.2, -0.15) is 0 Å². The first kappa shape index (κ1) is 7.98. The smallest absolute Gasteiger partial charge is 0.354 e. The largest absolute Gasteiger partial charge is 0.477 e. The highest BCUT2D eigenvalue weighted by molar-refractivity contribution is 5.85. The molecule has 3 nitrogen and oxygen atoms in total. The Labute approximate surface area is 75.7 Å². The van der Waals surface area contributed by atoms with Crippen molar-refractivity contribution in [1.82, 2.24) is 4.98 Å². The molecule has 0 unspecified atom stereocenters. The van der Waals surface area contributed by atoms with Crippen molar-refractivity contribution in [2.24, 2.45) is 0 Å². The second-order valence-corrected chi connectivity index (χ2v) is 2.99. The van der Waals surface area contributed by atoms with E-state index < -0.39 is 5.97 Å². The molecule has 1 N–H and O–H groups in total. The number of hydrogen-bond donors (Lipinski definition) is 1. The van der Waals surface area contributed by atoms with Crippen LogP contribution in [-0.4, -0.2) is 16.1 Å². The molecule has 0 aromatic carbocycles. The summed E-state index contributed by atoms with van der Waals surface area (Å²) in [6.07, 6.45) is 5.87. The number of aromatic carboxylic acids is 1. The first-order chi connectivity index (χ1) is 6.27. The second-order valence-electron chi connectivity index (χ2n) is 2.99. The van der Waals surface area contributed by atoms with Crippen LogP contribution >= 0.6 is 0 Å². The summed E-state index contributed by atoms with van der Waals surface area (Å²) < 4.78 is 0. The molecule has 1 aromatic rings. The number of rotatable bonds is 1. The van der Waals surface area contributed by atoms with Gasteiger partial charge in [0.15, 0.2) is 0 Å². The minimum Gasteiger partial charge on any atom is -0.477 e. The van der Waals surface area contributed by atoms with E-state index in [1.54, 1.807) is 6.07 Å². The summed E-state index contributed by atoms with van der Waals surface area (Å²) in [6.45, 7) is 0. The van der Waals surface area contributed by atoms with E-state index in [0.717, 1.165) is 24.1 Å². The van der Waals surface area contributed by atoms with Crippen LogP contribution in [0.25, 0.3) is 6.08 Å². The number of pyridine rings is 1. The van der Waals surface area contributed by atoms with Crippen LogP contribution in [0.3, 0.4) is 0 Å². The lowest BCUT2D eigenvalue weighted by Gasteiger charge is -2.08. The number of hydrogen-bond acceptors (Lipinski definition) is 2. The van der Waals surface area contributed by atoms with Crippen LogP contribution in [0.2, 0.25) is 0 Å². The Hall–Kier alpha value is -1.64. The molecule has 0 spiro atoms. The SMILES string of the molecule is O=C(O)c1ccc2c(n1)C=CCC2. The van der Waals surface area contributed by atoms with Crippen LogP contribution in [0.1, 0.15) is 28.2 Å². The van der Waals surface area contributed by atoms with Gasteiger partial charge in [0.1, 0.15) is 5.69 Å². The van der Waals surface area contributed by atoms with Gasteiger partial charge < -0.3 is 5.11 Å². The van der Waals surface area contributed by atoms with Crippen LogP contribution in [-0.2, 0) is 6.42 Å². The zero-order chi connectivity index (χ0) is 9.26. The summed E-state index contributed by atoms with van der Waals surface area (Å²) in [6, 6.07) is 3.40. The topological polar surface area (TPSA) is 50.2 Å². The summed E-state index contributed by atoms with van der Waals surface area (Å²) in [5.41, 5.74) is 2.05. The molecular formula is C10H9NO2. The predicted molar refractivity (Wildman–Crippen MR) is 48.6 cm³/mol. The van der Waals surface area contributed by atoms with Crippen LogP contribution in [0.15, 0.2) is 18.2 Å². The number of nitrogens with zero attached hydrogens (tertiary/aromatic N) is 1. The molecule has 0 saturated carbocycles. The molecular weight excluding hydrogens is 166 g/mol. The number of carbonyl (C=O) groups is 1. The Morgan fingerprint density at radius 1 is 1.46 bits per heavy atom. The van der Waals surface area contributed by atoms with E-state index >= 15 is 0 Å². The maximum Gasteiger partial charge on any atom is 0.354 e. The Bertz CT molecular complexity index is 383. The van der Waals surface area contributed by atoms with Crippen molar-refractivity contribution in [3.8, 4) is 0 Å². The van der Waals surface area contributed by atoms with Crippen molar-refractivity contribution in [1.29, 1.82) is 0 Å². The number of carboxylic acids is 1. The standard InChI is InChI=1S/C10H9NO2/c12-10(13)9-6-5-7-3-1-2-4-8(7)11-9/h2,4-6H,1,3H2,(H,12,13). The third kappa shape index (κ3) is 1.45. The Balaban J connectivity index is 2.48. The molecule has 1 aliphatic carbocycles. The molecule has 1 aromatic heterocycles. The number of fused-ring (bicyclic) bond motifs is 1. The van der Waals surface area contributed by atoms with Crippen molar-refractivity contribution in [2.45, 2.75) is 12.8 Å². The van der Waals surface area contributed by atoms with E-state index in [4.69, 9.17) is 5.11 Å². The monoisotopic (exact) mass is 175 g/mol. The number of carboxylic acid groups (broad SMARTS) is 1. The fourth-order valence-corrected chi connectivity index (χ4v) is 1.41. The fraction of sp³-hybridized carbons (Fsp3) is 0.200. The first-order valence-corrected chi connectivity index (χ1v) is 4.17. The molecule has 0 bridgehead atoms. The van der Waals surface area contributed by atoms with Gasteiger partial charge in [-0.15, -0.1) is 0 Å². The zero-order valence-electron chi connectivity index (χ0n) is 7.03. The average Bonchev–Trinajstić information content (AvgIpc) is 2.17. The van der Waals surface area contributed by atoms with E-state index in [2.05, 4.69) is 4.98 Å². The molecule has 0 amide bonds. The fourth-order valence-electron chi connectivity index (χ4n) is 1.41. The van der Waals surface area contributed by atoms with Crippen molar-refractivity contribution >= 4 is 12.0 Å². The molecule has 13 heavy (non-hydrogen) atoms. The van der Waals surface area contributed by atoms with Crippen molar-refractivity contribution in [2.75, 3.05) is 0 Å². The second kappa shape index (κ2) is 3.01. The quantitative estimate of drug-likeness (QED) is 0.707. The highest BCUT2D eigenvalue weighted by atomic mass is 16.4. The summed E-state index contributed by atoms with van der Waals surface area (Å²) in [5.74, 6) is -0.971. The molecule has 0 radical (unpaired) electrons. The molecule has 66 valence electrons. The molecule has 0 atom stereocenters. The lowest BCUT2D eigenvalue weighted by Crippen LogP contribution is -2.05. The maximum absolute atomic E-state index is 10.6. The minimum atomic E-state index is -0.971. The molecule has 0 fully saturated rings. The van der Waals surface area contributed by atoms with Crippen LogP contribution in [0.5, 0.6) is 0 Å². The predicted octanol–water partition coefficient (Wildman–Crippen LogP) is 1.74. The molecule has 0 saturated heterocycles. The van der Waals surface area contributed by atoms with Gasteiger partial charge in [0.25, 0.3) is 0 Å². The zero-order valence-corrected chi connectivity index (χ0v) is 7.03. The lowest BCUT2D eigenvalue weighted by molar-refractivity contribution is 0.0690. The molecule has 1 heterocycles. The van der Waals surface area contributed by atoms with Crippen LogP contribution in [0.4, 0.5) is 0 Å². The van der Waals surface area contributed by atoms with Gasteiger partial charge in [0, 0.05) is 0 Å². The maximum atomic E-state index is 10.6. The van der Waals surface area contributed by atoms with Gasteiger partial charge in [-0.1, -0.05) is 12.1 Å². The third-order valence-corrected chi connectivity index (χ3v) is 2.09. The molecule has 0 aliphatic heterocycles. The van der Waals surface area contributed by atoms with Gasteiger partial charge in [-0.3, -0.25) is 0 Å². The lowest BCUT2D eigenvalue weighted by atomic mass is 10.0. The highest BCUT2D eigenvalue weighted by Crippen LogP contribution is 2.17. The number of allylic oxidation sites excluding steroid dienone is 1. The van der Waals surface area contributed by atoms with E-state index in [1.165, 1.54) is 0 Å². The van der Waals surface area contributed by atoms with Crippen LogP contribution in [0, 0.1) is 0 Å². The van der Waals surface area contributed by atoms with Gasteiger partial charge in [0.05, 0.1) is 5.69 Å². The van der Waals surface area contributed by atoms with E-state index in [0.29, 0.717) is 0 Å². The van der Waals surface area contributed by atoms with Crippen molar-refractivity contribution < 1.29 is 9.90 Å². The Morgan fingerprint density at radius 3 is 3.08 bits per heavy atom. The Morgan fingerprint density at radius 2 is 2.31 bits per heavy atom.